The maximum absolute atomic E-state index is 12.4. The number of nitrogens with one attached hydrogen (secondary N) is 1. The molecule has 1 fully saturated rings. The summed E-state index contributed by atoms with van der Waals surface area (Å²) < 4.78 is 0. The number of hydrogen-bond donors (Lipinski definition) is 5. The Balaban J connectivity index is 1.51. The fourth-order valence-electron chi connectivity index (χ4n) is 4.74. The lowest BCUT2D eigenvalue weighted by molar-refractivity contribution is -0.163. The summed E-state index contributed by atoms with van der Waals surface area (Å²) in [5.41, 5.74) is 1.16. The van der Waals surface area contributed by atoms with E-state index in [9.17, 15) is 34.8 Å². The molecule has 34 heavy (non-hydrogen) atoms. The van der Waals surface area contributed by atoms with Gasteiger partial charge in [-0.2, -0.15) is 0 Å². The Kier molecular flexibility index (Phi) is 7.74. The first kappa shape index (κ1) is 25.8. The average Bonchev–Trinajstić information content (AvgIpc) is 2.99. The molecular formula is C23H30ClN3O7. The van der Waals surface area contributed by atoms with Gasteiger partial charge in [0.05, 0.1) is 23.1 Å². The third-order valence-corrected chi connectivity index (χ3v) is 6.99. The van der Waals surface area contributed by atoms with Crippen LogP contribution in [0.4, 0.5) is 0 Å². The molecule has 3 rings (SSSR count). The summed E-state index contributed by atoms with van der Waals surface area (Å²) in [6.45, 7) is 4.50. The van der Waals surface area contributed by atoms with Gasteiger partial charge in [0.2, 0.25) is 11.8 Å². The quantitative estimate of drug-likeness (QED) is 0.237. The predicted molar refractivity (Wildman–Crippen MR) is 123 cm³/mol. The zero-order valence-electron chi connectivity index (χ0n) is 19.3. The van der Waals surface area contributed by atoms with Crippen molar-refractivity contribution < 1.29 is 34.8 Å². The van der Waals surface area contributed by atoms with E-state index < -0.39 is 23.7 Å². The van der Waals surface area contributed by atoms with Crippen molar-refractivity contribution in [1.82, 2.24) is 15.1 Å². The zero-order valence-corrected chi connectivity index (χ0v) is 20.0. The first-order valence-electron chi connectivity index (χ1n) is 11.1. The van der Waals surface area contributed by atoms with Crippen LogP contribution in [0, 0.1) is 11.8 Å². The molecule has 2 heterocycles. The van der Waals surface area contributed by atoms with Crippen LogP contribution in [0.5, 0.6) is 11.5 Å². The second kappa shape index (κ2) is 10.2. The molecule has 0 radical (unpaired) electrons. The summed E-state index contributed by atoms with van der Waals surface area (Å²) in [4.78, 5) is 39.7. The van der Waals surface area contributed by atoms with Crippen molar-refractivity contribution in [3.8, 4) is 11.5 Å². The molecule has 4 atom stereocenters. The highest BCUT2D eigenvalue weighted by Crippen LogP contribution is 2.47. The molecule has 0 aromatic heterocycles. The number of hydrogen-bond acceptors (Lipinski definition) is 7. The van der Waals surface area contributed by atoms with E-state index in [2.05, 4.69) is 5.32 Å². The second-order valence-electron chi connectivity index (χ2n) is 8.93. The number of carboxylic acids is 1. The first-order valence-corrected chi connectivity index (χ1v) is 11.5. The number of phenolic OH excluding ortho intramolecular Hbond substituents is 2. The molecule has 5 N–H and O–H groups in total. The van der Waals surface area contributed by atoms with Crippen molar-refractivity contribution in [2.45, 2.75) is 38.8 Å². The molecule has 1 saturated heterocycles. The minimum Gasteiger partial charge on any atom is -0.504 e. The highest BCUT2D eigenvalue weighted by molar-refractivity contribution is 6.33. The maximum Gasteiger partial charge on any atom is 0.352 e. The number of β-lactam (4-membered cyclic amide) rings is 1. The number of aliphatic hydroxyl groups is 1. The smallest absolute Gasteiger partial charge is 0.352 e. The van der Waals surface area contributed by atoms with Crippen LogP contribution in [0.25, 0.3) is 0 Å². The summed E-state index contributed by atoms with van der Waals surface area (Å²) in [5.74, 6) is -3.29. The van der Waals surface area contributed by atoms with Crippen LogP contribution in [0.2, 0.25) is 5.02 Å². The van der Waals surface area contributed by atoms with Gasteiger partial charge >= 0.3 is 5.97 Å². The van der Waals surface area contributed by atoms with Crippen LogP contribution in [0.3, 0.4) is 0 Å². The van der Waals surface area contributed by atoms with E-state index in [1.807, 2.05) is 11.8 Å². The monoisotopic (exact) mass is 495 g/mol. The van der Waals surface area contributed by atoms with Crippen LogP contribution in [0.15, 0.2) is 23.4 Å². The Labute approximate surface area is 202 Å². The number of benzene rings is 1. The molecule has 2 aliphatic heterocycles. The fraction of sp³-hybridized carbons (Fsp3) is 0.522. The molecular weight excluding hydrogens is 466 g/mol. The van der Waals surface area contributed by atoms with Gasteiger partial charge in [-0.3, -0.25) is 9.59 Å². The lowest BCUT2D eigenvalue weighted by Gasteiger charge is -2.46. The van der Waals surface area contributed by atoms with E-state index in [4.69, 9.17) is 11.6 Å². The minimum absolute atomic E-state index is 0.00989. The molecule has 2 aliphatic rings. The van der Waals surface area contributed by atoms with Crippen LogP contribution in [0.1, 0.15) is 25.8 Å². The number of phenols is 2. The SMILES string of the molecule is C[C@@H](O)[C@H]1C(=O)N2C(C(=O)O)=C(CN(C)CCNC(=O)CCc3ccc(O)c(O)c3Cl)[C@H](C)[C@H]12. The highest BCUT2D eigenvalue weighted by Gasteiger charge is 2.59. The Morgan fingerprint density at radius 1 is 1.29 bits per heavy atom. The van der Waals surface area contributed by atoms with E-state index in [1.165, 1.54) is 17.9 Å². The summed E-state index contributed by atoms with van der Waals surface area (Å²) in [6, 6.07) is 2.51. The number of aromatic hydroxyl groups is 2. The third-order valence-electron chi connectivity index (χ3n) is 6.57. The van der Waals surface area contributed by atoms with E-state index >= 15 is 0 Å². The molecule has 2 amide bonds. The van der Waals surface area contributed by atoms with Crippen LogP contribution >= 0.6 is 11.6 Å². The molecule has 0 saturated carbocycles. The average molecular weight is 496 g/mol. The largest absolute Gasteiger partial charge is 0.504 e. The van der Waals surface area contributed by atoms with Crippen LogP contribution < -0.4 is 5.32 Å². The normalized spacial score (nSPS) is 22.6. The Morgan fingerprint density at radius 2 is 1.97 bits per heavy atom. The van der Waals surface area contributed by atoms with Gasteiger partial charge in [-0.25, -0.2) is 4.79 Å². The van der Waals surface area contributed by atoms with Gasteiger partial charge in [-0.1, -0.05) is 24.6 Å². The van der Waals surface area contributed by atoms with E-state index in [-0.39, 0.29) is 53.1 Å². The molecule has 1 aromatic carbocycles. The number of rotatable bonds is 10. The Bertz CT molecular complexity index is 1030. The summed E-state index contributed by atoms with van der Waals surface area (Å²) in [6.07, 6.45) is -0.423. The molecule has 0 unspecified atom stereocenters. The van der Waals surface area contributed by atoms with Crippen molar-refractivity contribution >= 4 is 29.4 Å². The fourth-order valence-corrected chi connectivity index (χ4v) is 4.99. The van der Waals surface area contributed by atoms with Crippen LogP contribution in [-0.4, -0.2) is 86.8 Å². The van der Waals surface area contributed by atoms with E-state index in [1.54, 1.807) is 13.1 Å². The number of fused-ring (bicyclic) bond motifs is 1. The molecule has 11 heteroatoms. The number of aliphatic hydroxyl groups excluding tert-OH is 1. The summed E-state index contributed by atoms with van der Waals surface area (Å²) in [7, 11) is 1.80. The Hall–Kier alpha value is -2.82. The van der Waals surface area contributed by atoms with E-state index in [0.29, 0.717) is 30.8 Å². The van der Waals surface area contributed by atoms with Crippen molar-refractivity contribution in [2.24, 2.45) is 11.8 Å². The number of carbonyl (C=O) groups is 3. The predicted octanol–water partition coefficient (Wildman–Crippen LogP) is 0.928. The number of amides is 2. The molecule has 0 spiro atoms. The van der Waals surface area contributed by atoms with Gasteiger partial charge < -0.3 is 35.5 Å². The lowest BCUT2D eigenvalue weighted by atomic mass is 9.77. The molecule has 0 aliphatic carbocycles. The maximum atomic E-state index is 12.4. The number of halogens is 1. The van der Waals surface area contributed by atoms with Gasteiger partial charge in [0.15, 0.2) is 11.5 Å². The zero-order chi connectivity index (χ0) is 25.3. The lowest BCUT2D eigenvalue weighted by Crippen LogP contribution is -2.63. The van der Waals surface area contributed by atoms with Crippen molar-refractivity contribution in [1.29, 1.82) is 0 Å². The summed E-state index contributed by atoms with van der Waals surface area (Å²) in [5, 5.41) is 41.6. The van der Waals surface area contributed by atoms with Crippen LogP contribution in [-0.2, 0) is 20.8 Å². The van der Waals surface area contributed by atoms with E-state index in [0.717, 1.165) is 0 Å². The van der Waals surface area contributed by atoms with Crippen molar-refractivity contribution in [2.75, 3.05) is 26.7 Å². The molecule has 0 bridgehead atoms. The number of carbonyl (C=O) groups excluding carboxylic acids is 2. The highest BCUT2D eigenvalue weighted by atomic mass is 35.5. The standard InChI is InChI=1S/C23H30ClN3O7/c1-11-14(20(23(33)34)27-19(11)17(12(2)28)22(27)32)10-26(3)9-8-25-16(30)7-5-13-4-6-15(29)21(31)18(13)24/h4,6,11-12,17,19,28-29,31H,5,7-10H2,1-3H3,(H,25,30)(H,33,34)/t11-,12+,17+,19+/m0/s1. The van der Waals surface area contributed by atoms with Gasteiger partial charge in [0.25, 0.3) is 0 Å². The van der Waals surface area contributed by atoms with Gasteiger partial charge in [-0.15, -0.1) is 0 Å². The number of nitrogens with zero attached hydrogens (tertiary/aromatic N) is 2. The summed E-state index contributed by atoms with van der Waals surface area (Å²) >= 11 is 5.98. The van der Waals surface area contributed by atoms with Gasteiger partial charge in [-0.05, 0) is 37.6 Å². The molecule has 10 nitrogen and oxygen atoms in total. The first-order chi connectivity index (χ1) is 16.0. The minimum atomic E-state index is -1.16. The molecule has 186 valence electrons. The Morgan fingerprint density at radius 3 is 2.59 bits per heavy atom. The topological polar surface area (TPSA) is 151 Å². The number of aliphatic carboxylic acids is 1. The number of carboxylic acid groups (broad SMARTS) is 1. The third kappa shape index (κ3) is 4.84. The number of aryl methyl sites for hydroxylation is 1. The second-order valence-corrected chi connectivity index (χ2v) is 9.30. The van der Waals surface area contributed by atoms with Gasteiger partial charge in [0.1, 0.15) is 5.70 Å². The van der Waals surface area contributed by atoms with Gasteiger partial charge in [0, 0.05) is 32.0 Å². The van der Waals surface area contributed by atoms with Crippen molar-refractivity contribution in [3.63, 3.8) is 0 Å². The number of likely N-dealkylation sites (N-methyl/N-ethyl adjacent to an activating group) is 1. The van der Waals surface area contributed by atoms with Crippen molar-refractivity contribution in [3.05, 3.63) is 34.0 Å². The molecule has 1 aromatic rings.